The lowest BCUT2D eigenvalue weighted by Gasteiger charge is -2.35. The first-order valence-corrected chi connectivity index (χ1v) is 10.0. The molecule has 1 aliphatic carbocycles. The molecule has 29 heavy (non-hydrogen) atoms. The number of rotatable bonds is 6. The van der Waals surface area contributed by atoms with Crippen LogP contribution in [-0.4, -0.2) is 34.6 Å². The van der Waals surface area contributed by atoms with E-state index in [0.29, 0.717) is 17.4 Å². The molecular weight excluding hydrogens is 364 g/mol. The molecule has 0 saturated heterocycles. The van der Waals surface area contributed by atoms with Crippen molar-refractivity contribution < 1.29 is 20.1 Å². The largest absolute Gasteiger partial charge is 0.508 e. The van der Waals surface area contributed by atoms with Crippen molar-refractivity contribution in [3.8, 4) is 11.5 Å². The normalized spacial score (nSPS) is 19.4. The molecule has 3 N–H and O–H groups in total. The van der Waals surface area contributed by atoms with Crippen molar-refractivity contribution >= 4 is 0 Å². The minimum absolute atomic E-state index is 0.0635. The minimum Gasteiger partial charge on any atom is -0.508 e. The highest BCUT2D eigenvalue weighted by Gasteiger charge is 2.32. The van der Waals surface area contributed by atoms with Crippen molar-refractivity contribution in [1.82, 2.24) is 0 Å². The van der Waals surface area contributed by atoms with Crippen LogP contribution in [0.15, 0.2) is 72.8 Å². The van der Waals surface area contributed by atoms with Gasteiger partial charge in [-0.05, 0) is 65.3 Å². The van der Waals surface area contributed by atoms with Crippen LogP contribution in [0.2, 0.25) is 0 Å². The molecule has 0 saturated carbocycles. The number of aliphatic hydroxyl groups is 2. The molecule has 3 aromatic carbocycles. The molecule has 0 spiro atoms. The third kappa shape index (κ3) is 4.29. The Morgan fingerprint density at radius 3 is 2.41 bits per heavy atom. The number of aliphatic hydroxyl groups excluding tert-OH is 2. The second-order valence-corrected chi connectivity index (χ2v) is 7.63. The summed E-state index contributed by atoms with van der Waals surface area (Å²) >= 11 is 0. The van der Waals surface area contributed by atoms with Gasteiger partial charge in [-0.3, -0.25) is 0 Å². The van der Waals surface area contributed by atoms with Crippen LogP contribution >= 0.6 is 0 Å². The zero-order valence-electron chi connectivity index (χ0n) is 16.2. The summed E-state index contributed by atoms with van der Waals surface area (Å²) in [6, 6.07) is 24.3. The van der Waals surface area contributed by atoms with Crippen LogP contribution in [0.3, 0.4) is 0 Å². The quantitative estimate of drug-likeness (QED) is 0.595. The number of fused-ring (bicyclic) bond motifs is 1. The van der Waals surface area contributed by atoms with Gasteiger partial charge in [-0.2, -0.15) is 0 Å². The van der Waals surface area contributed by atoms with Gasteiger partial charge < -0.3 is 20.1 Å². The van der Waals surface area contributed by atoms with Crippen molar-refractivity contribution in [1.29, 1.82) is 0 Å². The lowest BCUT2D eigenvalue weighted by Crippen LogP contribution is -2.21. The average molecular weight is 390 g/mol. The number of hydrogen-bond donors (Lipinski definition) is 3. The van der Waals surface area contributed by atoms with E-state index in [-0.39, 0.29) is 19.1 Å². The van der Waals surface area contributed by atoms with E-state index < -0.39 is 6.10 Å². The first-order chi connectivity index (χ1) is 14.2. The molecule has 0 radical (unpaired) electrons. The smallest absolute Gasteiger partial charge is 0.119 e. The van der Waals surface area contributed by atoms with Crippen LogP contribution < -0.4 is 4.74 Å². The number of aryl methyl sites for hydroxylation is 1. The van der Waals surface area contributed by atoms with E-state index in [2.05, 4.69) is 36.4 Å². The minimum atomic E-state index is -0.880. The summed E-state index contributed by atoms with van der Waals surface area (Å²) in [7, 11) is 0. The molecule has 4 rings (SSSR count). The molecular formula is C25H26O4. The summed E-state index contributed by atoms with van der Waals surface area (Å²) in [4.78, 5) is 0. The van der Waals surface area contributed by atoms with Crippen LogP contribution in [0.25, 0.3) is 0 Å². The average Bonchev–Trinajstić information content (AvgIpc) is 2.77. The van der Waals surface area contributed by atoms with Crippen LogP contribution in [0.5, 0.6) is 11.5 Å². The Hall–Kier alpha value is -2.82. The van der Waals surface area contributed by atoms with Gasteiger partial charge in [-0.25, -0.2) is 0 Å². The Balaban J connectivity index is 1.67. The molecule has 150 valence electrons. The predicted octanol–water partition coefficient (Wildman–Crippen LogP) is 3.99. The summed E-state index contributed by atoms with van der Waals surface area (Å²) in [6.45, 7) is -0.253. The molecule has 4 heteroatoms. The van der Waals surface area contributed by atoms with Crippen LogP contribution in [0.4, 0.5) is 0 Å². The van der Waals surface area contributed by atoms with E-state index in [1.807, 2.05) is 30.3 Å². The van der Waals surface area contributed by atoms with E-state index in [9.17, 15) is 10.2 Å². The van der Waals surface area contributed by atoms with E-state index >= 15 is 0 Å². The SMILES string of the molecule is OCC(O)COc1ccc([C@@H]2c3ccc(O)cc3CC[C@@H]2c2ccccc2)cc1. The van der Waals surface area contributed by atoms with Gasteiger partial charge >= 0.3 is 0 Å². The summed E-state index contributed by atoms with van der Waals surface area (Å²) in [5.74, 6) is 1.53. The standard InChI is InChI=1S/C25H26O4/c26-15-21(28)16-29-22-10-6-18(7-11-22)25-23(17-4-2-1-3-5-17)12-8-19-14-20(27)9-13-24(19)25/h1-7,9-11,13-14,21,23,25-28H,8,12,15-16H2/t21?,23-,25+/m1/s1. The Morgan fingerprint density at radius 2 is 1.69 bits per heavy atom. The van der Waals surface area contributed by atoms with Gasteiger partial charge in [0.2, 0.25) is 0 Å². The second-order valence-electron chi connectivity index (χ2n) is 7.63. The fourth-order valence-corrected chi connectivity index (χ4v) is 4.29. The summed E-state index contributed by atoms with van der Waals surface area (Å²) in [5.41, 5.74) is 4.98. The maximum Gasteiger partial charge on any atom is 0.119 e. The van der Waals surface area contributed by atoms with Crippen molar-refractivity contribution in [2.24, 2.45) is 0 Å². The molecule has 0 aliphatic heterocycles. The summed E-state index contributed by atoms with van der Waals surface area (Å²) in [6.07, 6.45) is 1.08. The van der Waals surface area contributed by atoms with Crippen molar-refractivity contribution in [3.05, 3.63) is 95.1 Å². The van der Waals surface area contributed by atoms with Crippen molar-refractivity contribution in [3.63, 3.8) is 0 Å². The first-order valence-electron chi connectivity index (χ1n) is 10.0. The monoisotopic (exact) mass is 390 g/mol. The Morgan fingerprint density at radius 1 is 0.931 bits per heavy atom. The van der Waals surface area contributed by atoms with Crippen LogP contribution in [0.1, 0.15) is 40.5 Å². The topological polar surface area (TPSA) is 69.9 Å². The number of hydrogen-bond acceptors (Lipinski definition) is 4. The van der Waals surface area contributed by atoms with Gasteiger partial charge in [0.05, 0.1) is 6.61 Å². The second kappa shape index (κ2) is 8.68. The molecule has 4 nitrogen and oxygen atoms in total. The maximum absolute atomic E-state index is 9.93. The molecule has 1 unspecified atom stereocenters. The van der Waals surface area contributed by atoms with Gasteiger partial charge in [-0.15, -0.1) is 0 Å². The van der Waals surface area contributed by atoms with Gasteiger partial charge in [0, 0.05) is 5.92 Å². The Labute approximate surface area is 171 Å². The van der Waals surface area contributed by atoms with E-state index in [1.54, 1.807) is 6.07 Å². The van der Waals surface area contributed by atoms with E-state index in [1.165, 1.54) is 22.3 Å². The molecule has 0 amide bonds. The number of phenolic OH excluding ortho intramolecular Hbond substituents is 1. The number of aromatic hydroxyl groups is 1. The third-order valence-electron chi connectivity index (χ3n) is 5.71. The zero-order chi connectivity index (χ0) is 20.2. The van der Waals surface area contributed by atoms with Crippen molar-refractivity contribution in [2.45, 2.75) is 30.8 Å². The summed E-state index contributed by atoms with van der Waals surface area (Å²) < 4.78 is 5.55. The van der Waals surface area contributed by atoms with Crippen LogP contribution in [-0.2, 0) is 6.42 Å². The fourth-order valence-electron chi connectivity index (χ4n) is 4.29. The lowest BCUT2D eigenvalue weighted by atomic mass is 9.69. The molecule has 0 bridgehead atoms. The summed E-state index contributed by atoms with van der Waals surface area (Å²) in [5, 5.41) is 28.3. The predicted molar refractivity (Wildman–Crippen MR) is 112 cm³/mol. The van der Waals surface area contributed by atoms with Gasteiger partial charge in [0.1, 0.15) is 24.2 Å². The number of benzene rings is 3. The highest BCUT2D eigenvalue weighted by Crippen LogP contribution is 2.47. The molecule has 3 atom stereocenters. The molecule has 0 fully saturated rings. The van der Waals surface area contributed by atoms with Gasteiger partial charge in [-0.1, -0.05) is 48.5 Å². The van der Waals surface area contributed by atoms with E-state index in [4.69, 9.17) is 9.84 Å². The molecule has 0 heterocycles. The Bertz CT molecular complexity index is 937. The number of phenols is 1. The zero-order valence-corrected chi connectivity index (χ0v) is 16.2. The van der Waals surface area contributed by atoms with Gasteiger partial charge in [0.15, 0.2) is 0 Å². The maximum atomic E-state index is 9.93. The van der Waals surface area contributed by atoms with Crippen LogP contribution in [0, 0.1) is 0 Å². The Kier molecular flexibility index (Phi) is 5.84. The molecule has 1 aliphatic rings. The fraction of sp³-hybridized carbons (Fsp3) is 0.280. The molecule has 3 aromatic rings. The third-order valence-corrected chi connectivity index (χ3v) is 5.71. The van der Waals surface area contributed by atoms with Crippen molar-refractivity contribution in [2.75, 3.05) is 13.2 Å². The highest BCUT2D eigenvalue weighted by atomic mass is 16.5. The highest BCUT2D eigenvalue weighted by molar-refractivity contribution is 5.48. The molecule has 0 aromatic heterocycles. The number of ether oxygens (including phenoxy) is 1. The van der Waals surface area contributed by atoms with E-state index in [0.717, 1.165) is 12.8 Å². The lowest BCUT2D eigenvalue weighted by molar-refractivity contribution is 0.0536. The van der Waals surface area contributed by atoms with Gasteiger partial charge in [0.25, 0.3) is 0 Å². The first kappa shape index (κ1) is 19.5.